The highest BCUT2D eigenvalue weighted by atomic mass is 79.9. The molecular weight excluding hydrogens is 421 g/mol. The average molecular weight is 440 g/mol. The molecule has 1 aromatic carbocycles. The van der Waals surface area contributed by atoms with Crippen LogP contribution in [0.25, 0.3) is 17.1 Å². The van der Waals surface area contributed by atoms with Crippen LogP contribution in [-0.4, -0.2) is 32.8 Å². The molecule has 1 aliphatic heterocycles. The normalized spacial score (nSPS) is 15.5. The average Bonchev–Trinajstić information content (AvgIpc) is 3.13. The van der Waals surface area contributed by atoms with Crippen molar-refractivity contribution in [3.8, 4) is 23.1 Å². The van der Waals surface area contributed by atoms with Gasteiger partial charge in [-0.2, -0.15) is 10.4 Å². The number of hydrogen-bond acceptors (Lipinski definition) is 4. The van der Waals surface area contributed by atoms with Crippen molar-refractivity contribution < 1.29 is 4.39 Å². The number of nitrogens with zero attached hydrogens (tertiary/aromatic N) is 5. The Morgan fingerprint density at radius 1 is 1.18 bits per heavy atom. The summed E-state index contributed by atoms with van der Waals surface area (Å²) >= 11 is 3.39. The van der Waals surface area contributed by atoms with E-state index in [2.05, 4.69) is 37.0 Å². The van der Waals surface area contributed by atoms with E-state index in [0.717, 1.165) is 36.0 Å². The first-order chi connectivity index (χ1) is 13.6. The third-order valence-corrected chi connectivity index (χ3v) is 5.50. The van der Waals surface area contributed by atoms with Crippen LogP contribution in [0.15, 0.2) is 53.3 Å². The Balaban J connectivity index is 1.68. The minimum atomic E-state index is -0.291. The van der Waals surface area contributed by atoms with E-state index in [1.807, 2.05) is 24.4 Å². The summed E-state index contributed by atoms with van der Waals surface area (Å²) in [7, 11) is 0. The molecule has 0 bridgehead atoms. The van der Waals surface area contributed by atoms with E-state index in [9.17, 15) is 4.39 Å². The zero-order valence-electron chi connectivity index (χ0n) is 15.2. The number of piperidine rings is 1. The highest BCUT2D eigenvalue weighted by Crippen LogP contribution is 2.28. The van der Waals surface area contributed by atoms with Crippen LogP contribution in [0.5, 0.6) is 0 Å². The van der Waals surface area contributed by atoms with Gasteiger partial charge in [-0.1, -0.05) is 12.1 Å². The van der Waals surface area contributed by atoms with Gasteiger partial charge in [0.1, 0.15) is 11.5 Å². The van der Waals surface area contributed by atoms with Crippen LogP contribution in [0.1, 0.15) is 18.4 Å². The summed E-state index contributed by atoms with van der Waals surface area (Å²) in [6.07, 6.45) is 5.38. The molecule has 0 N–H and O–H groups in total. The summed E-state index contributed by atoms with van der Waals surface area (Å²) in [5.41, 5.74) is 2.07. The van der Waals surface area contributed by atoms with Gasteiger partial charge in [-0.3, -0.25) is 4.90 Å². The lowest BCUT2D eigenvalue weighted by Crippen LogP contribution is -2.32. The maximum atomic E-state index is 14.5. The van der Waals surface area contributed by atoms with E-state index < -0.39 is 0 Å². The molecule has 1 aliphatic rings. The molecule has 1 saturated heterocycles. The van der Waals surface area contributed by atoms with Crippen LogP contribution in [0.3, 0.4) is 0 Å². The Morgan fingerprint density at radius 3 is 2.64 bits per heavy atom. The molecule has 5 nitrogen and oxygen atoms in total. The first-order valence-corrected chi connectivity index (χ1v) is 10.0. The van der Waals surface area contributed by atoms with Gasteiger partial charge in [0, 0.05) is 40.5 Å². The van der Waals surface area contributed by atoms with Crippen LogP contribution in [0, 0.1) is 23.1 Å². The second-order valence-corrected chi connectivity index (χ2v) is 7.86. The van der Waals surface area contributed by atoms with Gasteiger partial charge < -0.3 is 0 Å². The predicted molar refractivity (Wildman–Crippen MR) is 108 cm³/mol. The summed E-state index contributed by atoms with van der Waals surface area (Å²) in [6.45, 7) is 2.38. The molecule has 0 aliphatic carbocycles. The topological polar surface area (TPSA) is 57.7 Å². The number of rotatable bonds is 4. The zero-order chi connectivity index (χ0) is 19.5. The third-order valence-electron chi connectivity index (χ3n) is 5.03. The lowest BCUT2D eigenvalue weighted by Gasteiger charge is -2.28. The summed E-state index contributed by atoms with van der Waals surface area (Å²) in [5, 5.41) is 13.8. The molecule has 28 heavy (non-hydrogen) atoms. The lowest BCUT2D eigenvalue weighted by atomic mass is 9.98. The maximum absolute atomic E-state index is 14.5. The number of benzene rings is 1. The van der Waals surface area contributed by atoms with Gasteiger partial charge in [-0.15, -0.1) is 0 Å². The Bertz CT molecular complexity index is 1000. The van der Waals surface area contributed by atoms with E-state index in [-0.39, 0.29) is 11.7 Å². The van der Waals surface area contributed by atoms with Gasteiger partial charge in [-0.25, -0.2) is 14.1 Å². The first-order valence-electron chi connectivity index (χ1n) is 9.21. The summed E-state index contributed by atoms with van der Waals surface area (Å²) in [5.74, 6) is 0.521. The van der Waals surface area contributed by atoms with Crippen molar-refractivity contribution in [3.05, 3.63) is 64.6 Å². The van der Waals surface area contributed by atoms with E-state index in [1.54, 1.807) is 23.0 Å². The number of halogens is 2. The largest absolute Gasteiger partial charge is 0.299 e. The summed E-state index contributed by atoms with van der Waals surface area (Å²) in [6, 6.07) is 12.8. The first kappa shape index (κ1) is 18.8. The zero-order valence-corrected chi connectivity index (χ0v) is 16.8. The van der Waals surface area contributed by atoms with E-state index in [1.165, 1.54) is 6.07 Å². The molecule has 0 saturated carbocycles. The summed E-state index contributed by atoms with van der Waals surface area (Å²) < 4.78 is 17.1. The Kier molecular flexibility index (Phi) is 5.51. The summed E-state index contributed by atoms with van der Waals surface area (Å²) in [4.78, 5) is 6.70. The Morgan fingerprint density at radius 2 is 1.96 bits per heavy atom. The highest BCUT2D eigenvalue weighted by Gasteiger charge is 2.22. The molecule has 142 valence electrons. The van der Waals surface area contributed by atoms with E-state index in [0.29, 0.717) is 23.6 Å². The number of pyridine rings is 1. The van der Waals surface area contributed by atoms with Crippen molar-refractivity contribution in [2.45, 2.75) is 19.4 Å². The van der Waals surface area contributed by atoms with Crippen LogP contribution in [0.2, 0.25) is 0 Å². The molecule has 0 atom stereocenters. The number of nitriles is 1. The molecule has 2 aromatic heterocycles. The van der Waals surface area contributed by atoms with Crippen molar-refractivity contribution in [3.63, 3.8) is 0 Å². The van der Waals surface area contributed by atoms with Gasteiger partial charge in [0.15, 0.2) is 5.82 Å². The molecule has 1 fully saturated rings. The van der Waals surface area contributed by atoms with Crippen molar-refractivity contribution in [1.29, 1.82) is 5.26 Å². The molecule has 0 unspecified atom stereocenters. The van der Waals surface area contributed by atoms with Gasteiger partial charge in [0.25, 0.3) is 0 Å². The van der Waals surface area contributed by atoms with Gasteiger partial charge in [0.05, 0.1) is 6.07 Å². The molecule has 3 aromatic rings. The van der Waals surface area contributed by atoms with E-state index in [4.69, 9.17) is 5.26 Å². The van der Waals surface area contributed by atoms with Crippen LogP contribution >= 0.6 is 15.9 Å². The number of hydrogen-bond donors (Lipinski definition) is 0. The number of aromatic nitrogens is 3. The molecule has 7 heteroatoms. The lowest BCUT2D eigenvalue weighted by molar-refractivity contribution is 0.198. The second-order valence-electron chi connectivity index (χ2n) is 6.94. The Labute approximate surface area is 171 Å². The van der Waals surface area contributed by atoms with E-state index >= 15 is 0 Å². The van der Waals surface area contributed by atoms with Crippen molar-refractivity contribution in [2.75, 3.05) is 13.1 Å². The molecule has 4 rings (SSSR count). The third kappa shape index (κ3) is 3.98. The Hall–Kier alpha value is -2.56. The number of likely N-dealkylation sites (tertiary alicyclic amines) is 1. The minimum Gasteiger partial charge on any atom is -0.299 e. The molecule has 0 radical (unpaired) electrons. The standard InChI is InChI=1S/C21H19BrFN5/c22-17-5-6-20(25-12-17)28-14-16(13-27-9-7-15(11-24)8-10-27)21(26-28)18-3-1-2-4-19(18)23/h1-6,12,14-15H,7-10,13H2. The highest BCUT2D eigenvalue weighted by molar-refractivity contribution is 9.10. The minimum absolute atomic E-state index is 0.136. The predicted octanol–water partition coefficient (Wildman–Crippen LogP) is 4.57. The monoisotopic (exact) mass is 439 g/mol. The van der Waals surface area contributed by atoms with Crippen LogP contribution in [-0.2, 0) is 6.54 Å². The quantitative estimate of drug-likeness (QED) is 0.597. The molecule has 3 heterocycles. The van der Waals surface area contributed by atoms with Crippen LogP contribution in [0.4, 0.5) is 4.39 Å². The van der Waals surface area contributed by atoms with Crippen molar-refractivity contribution in [2.24, 2.45) is 5.92 Å². The van der Waals surface area contributed by atoms with Crippen molar-refractivity contribution >= 4 is 15.9 Å². The fourth-order valence-corrected chi connectivity index (χ4v) is 3.72. The van der Waals surface area contributed by atoms with Gasteiger partial charge in [-0.05, 0) is 66.1 Å². The SMILES string of the molecule is N#CC1CCN(Cc2cn(-c3ccc(Br)cn3)nc2-c2ccccc2F)CC1. The smallest absolute Gasteiger partial charge is 0.153 e. The fraction of sp³-hybridized carbons (Fsp3) is 0.286. The maximum Gasteiger partial charge on any atom is 0.153 e. The van der Waals surface area contributed by atoms with Crippen LogP contribution < -0.4 is 0 Å². The van der Waals surface area contributed by atoms with Gasteiger partial charge in [0.2, 0.25) is 0 Å². The molecule has 0 amide bonds. The molecular formula is C21H19BrFN5. The second kappa shape index (κ2) is 8.21. The fourth-order valence-electron chi connectivity index (χ4n) is 3.49. The van der Waals surface area contributed by atoms with Crippen molar-refractivity contribution in [1.82, 2.24) is 19.7 Å². The molecule has 0 spiro atoms. The van der Waals surface area contributed by atoms with Gasteiger partial charge >= 0.3 is 0 Å².